The van der Waals surface area contributed by atoms with Crippen molar-refractivity contribution in [3.63, 3.8) is 0 Å². The fourth-order valence-corrected chi connectivity index (χ4v) is 3.52. The molecule has 0 saturated heterocycles. The molecule has 1 aliphatic rings. The number of nitrogens with zero attached hydrogens (tertiary/aromatic N) is 1. The first kappa shape index (κ1) is 24.0. The van der Waals surface area contributed by atoms with Crippen molar-refractivity contribution < 1.29 is 37.4 Å². The number of aliphatic carboxylic acids is 1. The SMILES string of the molecule is CC(C)(C)OC(=O)CN(c1ccc(C(=O)SCC(=O)O)cc1OCC1CC1)[SH](=O)=O. The number of carboxylic acid groups (broad SMARTS) is 1. The molecule has 0 aromatic heterocycles. The molecule has 11 heteroatoms. The molecule has 2 rings (SSSR count). The van der Waals surface area contributed by atoms with Gasteiger partial charge in [-0.3, -0.25) is 18.7 Å². The molecule has 0 unspecified atom stereocenters. The lowest BCUT2D eigenvalue weighted by atomic mass is 10.2. The molecular weight excluding hydrogens is 434 g/mol. The van der Waals surface area contributed by atoms with Crippen LogP contribution in [0.25, 0.3) is 0 Å². The van der Waals surface area contributed by atoms with Crippen LogP contribution in [0.3, 0.4) is 0 Å². The smallest absolute Gasteiger partial charge is 0.327 e. The average Bonchev–Trinajstić information content (AvgIpc) is 3.45. The monoisotopic (exact) mass is 459 g/mol. The third kappa shape index (κ3) is 7.86. The van der Waals surface area contributed by atoms with Crippen molar-refractivity contribution >= 4 is 45.4 Å². The van der Waals surface area contributed by atoms with Gasteiger partial charge in [-0.2, -0.15) is 0 Å². The molecule has 1 N–H and O–H groups in total. The van der Waals surface area contributed by atoms with Gasteiger partial charge < -0.3 is 14.6 Å². The number of thiol groups is 1. The van der Waals surface area contributed by atoms with Crippen molar-refractivity contribution in [1.29, 1.82) is 0 Å². The van der Waals surface area contributed by atoms with E-state index in [1.165, 1.54) is 18.2 Å². The second-order valence-electron chi connectivity index (χ2n) is 7.79. The van der Waals surface area contributed by atoms with E-state index < -0.39 is 45.8 Å². The highest BCUT2D eigenvalue weighted by atomic mass is 32.2. The molecule has 1 aromatic carbocycles. The van der Waals surface area contributed by atoms with Gasteiger partial charge >= 0.3 is 11.9 Å². The lowest BCUT2D eigenvalue weighted by molar-refractivity contribution is -0.152. The highest BCUT2D eigenvalue weighted by molar-refractivity contribution is 8.14. The van der Waals surface area contributed by atoms with Gasteiger partial charge in [0.15, 0.2) is 0 Å². The van der Waals surface area contributed by atoms with Crippen molar-refractivity contribution in [3.05, 3.63) is 23.8 Å². The number of rotatable bonds is 10. The van der Waals surface area contributed by atoms with Crippen LogP contribution in [-0.2, 0) is 25.2 Å². The predicted octanol–water partition coefficient (Wildman–Crippen LogP) is 2.11. The van der Waals surface area contributed by atoms with Crippen molar-refractivity contribution in [2.24, 2.45) is 5.92 Å². The van der Waals surface area contributed by atoms with Gasteiger partial charge in [-0.1, -0.05) is 11.8 Å². The number of carbonyl (C=O) groups is 3. The number of esters is 1. The van der Waals surface area contributed by atoms with Gasteiger partial charge in [0, 0.05) is 5.56 Å². The zero-order valence-corrected chi connectivity index (χ0v) is 18.7. The second kappa shape index (κ2) is 10.2. The lowest BCUT2D eigenvalue weighted by Gasteiger charge is -2.24. The number of hydrogen-bond donors (Lipinski definition) is 2. The highest BCUT2D eigenvalue weighted by Gasteiger charge is 2.26. The van der Waals surface area contributed by atoms with E-state index in [4.69, 9.17) is 14.6 Å². The van der Waals surface area contributed by atoms with E-state index in [1.807, 2.05) is 0 Å². The molecule has 0 aliphatic heterocycles. The molecule has 0 heterocycles. The molecule has 0 spiro atoms. The van der Waals surface area contributed by atoms with Crippen LogP contribution in [0.2, 0.25) is 0 Å². The first-order valence-electron chi connectivity index (χ1n) is 9.25. The van der Waals surface area contributed by atoms with Crippen LogP contribution in [-0.4, -0.2) is 55.1 Å². The summed E-state index contributed by atoms with van der Waals surface area (Å²) in [5.41, 5.74) is -0.494. The summed E-state index contributed by atoms with van der Waals surface area (Å²) < 4.78 is 35.5. The summed E-state index contributed by atoms with van der Waals surface area (Å²) in [6.07, 6.45) is 2.00. The Balaban J connectivity index is 2.30. The van der Waals surface area contributed by atoms with Crippen LogP contribution in [0.1, 0.15) is 44.0 Å². The lowest BCUT2D eigenvalue weighted by Crippen LogP contribution is -2.34. The normalized spacial score (nSPS) is 13.7. The number of benzene rings is 1. The van der Waals surface area contributed by atoms with Crippen LogP contribution in [0.15, 0.2) is 18.2 Å². The number of carbonyl (C=O) groups excluding carboxylic acids is 2. The Bertz CT molecular complexity index is 879. The molecule has 1 aromatic rings. The van der Waals surface area contributed by atoms with E-state index in [2.05, 4.69) is 0 Å². The Hall–Kier alpha value is -2.27. The predicted molar refractivity (Wildman–Crippen MR) is 113 cm³/mol. The maximum absolute atomic E-state index is 12.2. The maximum Gasteiger partial charge on any atom is 0.327 e. The van der Waals surface area contributed by atoms with Gasteiger partial charge in [0.25, 0.3) is 0 Å². The minimum absolute atomic E-state index is 0.109. The van der Waals surface area contributed by atoms with E-state index in [9.17, 15) is 22.8 Å². The standard InChI is InChI=1S/C19H25NO8S2/c1-19(2,3)28-17(23)9-20(30(25)26)14-7-6-13(18(24)29-11-16(21)22)8-15(14)27-10-12-4-5-12/h6-8,12,30H,4-5,9-11H2,1-3H3,(H,21,22). The summed E-state index contributed by atoms with van der Waals surface area (Å²) in [5.74, 6) is -1.75. The minimum Gasteiger partial charge on any atom is -0.491 e. The summed E-state index contributed by atoms with van der Waals surface area (Å²) >= 11 is 0.619. The number of hydrogen-bond acceptors (Lipinski definition) is 8. The van der Waals surface area contributed by atoms with E-state index in [1.54, 1.807) is 20.8 Å². The fraction of sp³-hybridized carbons (Fsp3) is 0.526. The first-order chi connectivity index (χ1) is 14.0. The van der Waals surface area contributed by atoms with Gasteiger partial charge in [-0.25, -0.2) is 8.42 Å². The maximum atomic E-state index is 12.2. The largest absolute Gasteiger partial charge is 0.491 e. The quantitative estimate of drug-likeness (QED) is 0.399. The zero-order valence-electron chi connectivity index (χ0n) is 17.0. The van der Waals surface area contributed by atoms with Crippen molar-refractivity contribution in [3.8, 4) is 5.75 Å². The molecule has 1 saturated carbocycles. The van der Waals surface area contributed by atoms with Crippen LogP contribution in [0.5, 0.6) is 5.75 Å². The average molecular weight is 460 g/mol. The minimum atomic E-state index is -3.20. The van der Waals surface area contributed by atoms with E-state index in [0.717, 1.165) is 17.1 Å². The molecular formula is C19H25NO8S2. The van der Waals surface area contributed by atoms with E-state index in [0.29, 0.717) is 24.3 Å². The zero-order chi connectivity index (χ0) is 22.5. The van der Waals surface area contributed by atoms with Crippen LogP contribution in [0.4, 0.5) is 5.69 Å². The number of ether oxygens (including phenoxy) is 2. The molecule has 0 amide bonds. The summed E-state index contributed by atoms with van der Waals surface area (Å²) in [6, 6.07) is 4.11. The fourth-order valence-electron chi connectivity index (χ4n) is 2.40. The summed E-state index contributed by atoms with van der Waals surface area (Å²) in [4.78, 5) is 35.1. The van der Waals surface area contributed by atoms with Gasteiger partial charge in [0.1, 0.15) is 17.9 Å². The molecule has 1 aliphatic carbocycles. The number of anilines is 1. The Morgan fingerprint density at radius 2 is 1.90 bits per heavy atom. The van der Waals surface area contributed by atoms with Crippen molar-refractivity contribution in [2.75, 3.05) is 23.2 Å². The third-order valence-corrected chi connectivity index (χ3v) is 5.51. The Labute approximate surface area is 180 Å². The summed E-state index contributed by atoms with van der Waals surface area (Å²) in [6.45, 7) is 4.82. The molecule has 0 bridgehead atoms. The first-order valence-corrected chi connectivity index (χ1v) is 11.4. The molecule has 0 radical (unpaired) electrons. The Morgan fingerprint density at radius 3 is 2.43 bits per heavy atom. The summed E-state index contributed by atoms with van der Waals surface area (Å²) in [5, 5.41) is 8.26. The highest BCUT2D eigenvalue weighted by Crippen LogP contribution is 2.35. The van der Waals surface area contributed by atoms with Crippen molar-refractivity contribution in [2.45, 2.75) is 39.2 Å². The molecule has 1 fully saturated rings. The van der Waals surface area contributed by atoms with Crippen LogP contribution >= 0.6 is 11.8 Å². The Morgan fingerprint density at radius 1 is 1.23 bits per heavy atom. The molecule has 0 atom stereocenters. The third-order valence-electron chi connectivity index (χ3n) is 3.87. The Kier molecular flexibility index (Phi) is 8.13. The van der Waals surface area contributed by atoms with Crippen molar-refractivity contribution in [1.82, 2.24) is 0 Å². The topological polar surface area (TPSA) is 127 Å². The van der Waals surface area contributed by atoms with Gasteiger partial charge in [0.05, 0.1) is 18.0 Å². The van der Waals surface area contributed by atoms with E-state index >= 15 is 0 Å². The molecule has 9 nitrogen and oxygen atoms in total. The van der Waals surface area contributed by atoms with Gasteiger partial charge in [-0.05, 0) is 57.7 Å². The van der Waals surface area contributed by atoms with Crippen LogP contribution in [0, 0.1) is 5.92 Å². The van der Waals surface area contributed by atoms with Gasteiger partial charge in [0.2, 0.25) is 16.0 Å². The molecule has 30 heavy (non-hydrogen) atoms. The molecule has 166 valence electrons. The van der Waals surface area contributed by atoms with Gasteiger partial charge in [-0.15, -0.1) is 0 Å². The van der Waals surface area contributed by atoms with Crippen LogP contribution < -0.4 is 9.04 Å². The second-order valence-corrected chi connectivity index (χ2v) is 9.70. The summed E-state index contributed by atoms with van der Waals surface area (Å²) in [7, 11) is -3.20. The number of carboxylic acids is 1. The van der Waals surface area contributed by atoms with E-state index in [-0.39, 0.29) is 17.0 Å². The number of thioether (sulfide) groups is 1.